The topological polar surface area (TPSA) is 80.0 Å². The van der Waals surface area contributed by atoms with Crippen LogP contribution in [0, 0.1) is 6.92 Å². The van der Waals surface area contributed by atoms with Gasteiger partial charge < -0.3 is 14.4 Å². The Morgan fingerprint density at radius 3 is 2.76 bits per heavy atom. The van der Waals surface area contributed by atoms with Crippen molar-refractivity contribution in [2.45, 2.75) is 45.7 Å². The maximum atomic E-state index is 12.2. The van der Waals surface area contributed by atoms with Gasteiger partial charge in [0.05, 0.1) is 6.54 Å². The molecule has 2 aliphatic rings. The molecule has 1 aliphatic carbocycles. The predicted octanol–water partition coefficient (Wildman–Crippen LogP) is 0.977. The highest BCUT2D eigenvalue weighted by Gasteiger charge is 2.27. The van der Waals surface area contributed by atoms with Crippen LogP contribution < -0.4 is 4.90 Å². The second-order valence-electron chi connectivity index (χ2n) is 6.90. The van der Waals surface area contributed by atoms with Crippen molar-refractivity contribution in [1.82, 2.24) is 29.6 Å². The van der Waals surface area contributed by atoms with Crippen LogP contribution in [0.4, 0.5) is 5.82 Å². The monoisotopic (exact) mass is 341 g/mol. The molecule has 0 atom stereocenters. The van der Waals surface area contributed by atoms with Gasteiger partial charge in [-0.15, -0.1) is 10.2 Å². The van der Waals surface area contributed by atoms with Gasteiger partial charge in [0.15, 0.2) is 5.82 Å². The average molecular weight is 341 g/mol. The fourth-order valence-corrected chi connectivity index (χ4v) is 3.67. The normalized spacial score (nSPS) is 16.6. The summed E-state index contributed by atoms with van der Waals surface area (Å²) < 4.78 is 1.93. The first-order valence-corrected chi connectivity index (χ1v) is 8.79. The molecule has 0 spiro atoms. The van der Waals surface area contributed by atoms with Crippen molar-refractivity contribution in [3.05, 3.63) is 28.7 Å². The first-order chi connectivity index (χ1) is 12.0. The maximum Gasteiger partial charge on any atom is 0.291 e. The Morgan fingerprint density at radius 2 is 1.92 bits per heavy atom. The molecule has 132 valence electrons. The van der Waals surface area contributed by atoms with E-state index in [0.717, 1.165) is 36.9 Å². The van der Waals surface area contributed by atoms with Crippen LogP contribution in [0.15, 0.2) is 0 Å². The second-order valence-corrected chi connectivity index (χ2v) is 6.90. The molecule has 0 N–H and O–H groups in total. The van der Waals surface area contributed by atoms with Gasteiger partial charge >= 0.3 is 0 Å². The number of carbonyl (C=O) groups is 1. The van der Waals surface area contributed by atoms with Crippen LogP contribution in [0.1, 0.15) is 46.4 Å². The van der Waals surface area contributed by atoms with Crippen LogP contribution in [0.5, 0.6) is 0 Å². The molecule has 0 saturated heterocycles. The minimum atomic E-state index is -0.0667. The highest BCUT2D eigenvalue weighted by molar-refractivity contribution is 5.91. The Labute approximate surface area is 146 Å². The first kappa shape index (κ1) is 16.0. The Bertz CT molecular complexity index is 829. The minimum absolute atomic E-state index is 0.0667. The number of aryl methyl sites for hydroxylation is 2. The van der Waals surface area contributed by atoms with Crippen LogP contribution in [0.3, 0.4) is 0 Å². The summed E-state index contributed by atoms with van der Waals surface area (Å²) in [5.74, 6) is 2.96. The van der Waals surface area contributed by atoms with E-state index in [1.807, 2.05) is 18.5 Å². The third-order valence-corrected chi connectivity index (χ3v) is 5.04. The van der Waals surface area contributed by atoms with E-state index in [4.69, 9.17) is 0 Å². The number of amides is 1. The lowest BCUT2D eigenvalue weighted by atomic mass is 9.96. The van der Waals surface area contributed by atoms with Crippen molar-refractivity contribution >= 4 is 11.7 Å². The average Bonchev–Trinajstić information content (AvgIpc) is 3.00. The van der Waals surface area contributed by atoms with E-state index in [1.54, 1.807) is 11.9 Å². The molecule has 1 amide bonds. The fraction of sp³-hybridized carbons (Fsp3) is 0.588. The van der Waals surface area contributed by atoms with Gasteiger partial charge in [-0.05, 0) is 32.6 Å². The summed E-state index contributed by atoms with van der Waals surface area (Å²) in [4.78, 5) is 25.3. The lowest BCUT2D eigenvalue weighted by molar-refractivity contribution is 0.0740. The molecular weight excluding hydrogens is 318 g/mol. The third kappa shape index (κ3) is 2.75. The van der Waals surface area contributed by atoms with E-state index in [9.17, 15) is 4.79 Å². The van der Waals surface area contributed by atoms with Gasteiger partial charge in [0.2, 0.25) is 5.82 Å². The van der Waals surface area contributed by atoms with E-state index in [1.165, 1.54) is 24.1 Å². The highest BCUT2D eigenvalue weighted by atomic mass is 16.2. The maximum absolute atomic E-state index is 12.2. The summed E-state index contributed by atoms with van der Waals surface area (Å²) in [6.45, 7) is 3.93. The summed E-state index contributed by atoms with van der Waals surface area (Å²) in [5.41, 5.74) is 2.44. The standard InChI is InChI=1S/C17H23N7O/c1-11-18-13-7-5-4-6-12(13)15(19-11)23(3)10-14-20-21-16-17(25)22(2)8-9-24(14)16/h4-10H2,1-3H3. The second kappa shape index (κ2) is 6.09. The molecule has 25 heavy (non-hydrogen) atoms. The Hall–Kier alpha value is -2.51. The van der Waals surface area contributed by atoms with Gasteiger partial charge in [-0.25, -0.2) is 9.97 Å². The number of hydrogen-bond acceptors (Lipinski definition) is 6. The Kier molecular flexibility index (Phi) is 3.89. The van der Waals surface area contributed by atoms with E-state index in [2.05, 4.69) is 25.1 Å². The molecule has 2 aromatic heterocycles. The van der Waals surface area contributed by atoms with E-state index in [-0.39, 0.29) is 5.91 Å². The van der Waals surface area contributed by atoms with Crippen LogP contribution >= 0.6 is 0 Å². The molecule has 0 fully saturated rings. The van der Waals surface area contributed by atoms with Gasteiger partial charge in [0.25, 0.3) is 5.91 Å². The van der Waals surface area contributed by atoms with Gasteiger partial charge in [-0.2, -0.15) is 0 Å². The van der Waals surface area contributed by atoms with Crippen LogP contribution in [-0.4, -0.2) is 56.2 Å². The first-order valence-electron chi connectivity index (χ1n) is 8.79. The quantitative estimate of drug-likeness (QED) is 0.828. The number of aromatic nitrogens is 5. The summed E-state index contributed by atoms with van der Waals surface area (Å²) in [5, 5.41) is 8.37. The summed E-state index contributed by atoms with van der Waals surface area (Å²) in [6, 6.07) is 0. The summed E-state index contributed by atoms with van der Waals surface area (Å²) in [7, 11) is 3.82. The van der Waals surface area contributed by atoms with Gasteiger partial charge in [0, 0.05) is 38.4 Å². The van der Waals surface area contributed by atoms with Crippen molar-refractivity contribution in [2.75, 3.05) is 25.5 Å². The highest BCUT2D eigenvalue weighted by Crippen LogP contribution is 2.28. The fourth-order valence-electron chi connectivity index (χ4n) is 3.67. The lowest BCUT2D eigenvalue weighted by Gasteiger charge is -2.27. The largest absolute Gasteiger partial charge is 0.352 e. The molecule has 8 heteroatoms. The third-order valence-electron chi connectivity index (χ3n) is 5.04. The number of rotatable bonds is 3. The zero-order chi connectivity index (χ0) is 17.6. The molecule has 2 aromatic rings. The van der Waals surface area contributed by atoms with Gasteiger partial charge in [-0.1, -0.05) is 0 Å². The molecule has 1 aliphatic heterocycles. The zero-order valence-corrected chi connectivity index (χ0v) is 15.0. The molecule has 8 nitrogen and oxygen atoms in total. The van der Waals surface area contributed by atoms with E-state index >= 15 is 0 Å². The van der Waals surface area contributed by atoms with Crippen molar-refractivity contribution in [3.63, 3.8) is 0 Å². The van der Waals surface area contributed by atoms with Gasteiger partial charge in [0.1, 0.15) is 11.6 Å². The molecule has 0 saturated carbocycles. The van der Waals surface area contributed by atoms with Gasteiger partial charge in [-0.3, -0.25) is 4.79 Å². The molecule has 0 unspecified atom stereocenters. The number of likely N-dealkylation sites (N-methyl/N-ethyl adjacent to an activating group) is 1. The van der Waals surface area contributed by atoms with Crippen molar-refractivity contribution in [2.24, 2.45) is 0 Å². The predicted molar refractivity (Wildman–Crippen MR) is 92.5 cm³/mol. The molecule has 3 heterocycles. The molecular formula is C17H23N7O. The number of nitrogens with zero attached hydrogens (tertiary/aromatic N) is 7. The van der Waals surface area contributed by atoms with Crippen molar-refractivity contribution in [3.8, 4) is 0 Å². The minimum Gasteiger partial charge on any atom is -0.352 e. The summed E-state index contributed by atoms with van der Waals surface area (Å²) >= 11 is 0. The summed E-state index contributed by atoms with van der Waals surface area (Å²) in [6.07, 6.45) is 4.43. The zero-order valence-electron chi connectivity index (χ0n) is 15.0. The Balaban J connectivity index is 1.64. The van der Waals surface area contributed by atoms with Crippen molar-refractivity contribution in [1.29, 1.82) is 0 Å². The van der Waals surface area contributed by atoms with Crippen molar-refractivity contribution < 1.29 is 4.79 Å². The molecule has 0 bridgehead atoms. The number of hydrogen-bond donors (Lipinski definition) is 0. The number of fused-ring (bicyclic) bond motifs is 2. The van der Waals surface area contributed by atoms with Crippen LogP contribution in [-0.2, 0) is 25.9 Å². The SMILES string of the molecule is Cc1nc2c(c(N(C)Cc3nnc4n3CCN(C)C4=O)n1)CCCC2. The lowest BCUT2D eigenvalue weighted by Crippen LogP contribution is -2.38. The smallest absolute Gasteiger partial charge is 0.291 e. The van der Waals surface area contributed by atoms with E-state index < -0.39 is 0 Å². The molecule has 0 radical (unpaired) electrons. The number of carbonyl (C=O) groups excluding carboxylic acids is 1. The van der Waals surface area contributed by atoms with Crippen LogP contribution in [0.2, 0.25) is 0 Å². The number of anilines is 1. The van der Waals surface area contributed by atoms with Crippen LogP contribution in [0.25, 0.3) is 0 Å². The Morgan fingerprint density at radius 1 is 1.12 bits per heavy atom. The van der Waals surface area contributed by atoms with E-state index in [0.29, 0.717) is 18.9 Å². The molecule has 0 aromatic carbocycles. The molecule has 4 rings (SSSR count).